The van der Waals surface area contributed by atoms with Gasteiger partial charge in [0, 0.05) is 30.2 Å². The standard InChI is InChI=1S/C21H28N2O3/c1-26-21(25)19-15-10-17-20-14(13-4-2-3-5-16(13)22-20)8-9-23(17)11-12(15)6-7-18(19)24/h2-5,12,14-15,17-20,22,24H,6-11H2,1H3/t12-,14?,15+,17+,18+,19+,20?/m1/s1. The zero-order valence-corrected chi connectivity index (χ0v) is 15.3. The molecule has 0 bridgehead atoms. The van der Waals surface area contributed by atoms with E-state index in [1.54, 1.807) is 0 Å². The van der Waals surface area contributed by atoms with Crippen molar-refractivity contribution in [3.63, 3.8) is 0 Å². The number of piperidine rings is 2. The molecule has 3 fully saturated rings. The van der Waals surface area contributed by atoms with E-state index in [0.29, 0.717) is 23.9 Å². The number of hydrogen-bond donors (Lipinski definition) is 2. The zero-order valence-electron chi connectivity index (χ0n) is 15.3. The highest BCUT2D eigenvalue weighted by Gasteiger charge is 2.52. The van der Waals surface area contributed by atoms with Crippen molar-refractivity contribution in [3.8, 4) is 0 Å². The number of carbonyl (C=O) groups excluding carboxylic acids is 1. The van der Waals surface area contributed by atoms with Crippen molar-refractivity contribution in [1.82, 2.24) is 4.90 Å². The maximum absolute atomic E-state index is 12.4. The molecule has 5 heteroatoms. The number of nitrogens with one attached hydrogen (secondary N) is 1. The van der Waals surface area contributed by atoms with E-state index in [1.165, 1.54) is 24.8 Å². The third-order valence-electron chi connectivity index (χ3n) is 7.50. The van der Waals surface area contributed by atoms with E-state index < -0.39 is 6.10 Å². The van der Waals surface area contributed by atoms with Crippen molar-refractivity contribution in [2.24, 2.45) is 17.8 Å². The Kier molecular flexibility index (Phi) is 3.98. The first kappa shape index (κ1) is 16.6. The largest absolute Gasteiger partial charge is 0.469 e. The van der Waals surface area contributed by atoms with Crippen LogP contribution in [-0.2, 0) is 9.53 Å². The molecule has 26 heavy (non-hydrogen) atoms. The monoisotopic (exact) mass is 356 g/mol. The molecule has 1 aliphatic carbocycles. The number of esters is 1. The minimum absolute atomic E-state index is 0.226. The summed E-state index contributed by atoms with van der Waals surface area (Å²) in [5.41, 5.74) is 2.73. The first-order valence-corrected chi connectivity index (χ1v) is 10.0. The molecule has 7 atom stereocenters. The second-order valence-corrected chi connectivity index (χ2v) is 8.57. The van der Waals surface area contributed by atoms with Crippen LogP contribution in [0.3, 0.4) is 0 Å². The molecular formula is C21H28N2O3. The Morgan fingerprint density at radius 2 is 2.12 bits per heavy atom. The Morgan fingerprint density at radius 1 is 1.27 bits per heavy atom. The molecule has 0 spiro atoms. The Labute approximate surface area is 154 Å². The number of fused-ring (bicyclic) bond motifs is 6. The van der Waals surface area contributed by atoms with Crippen LogP contribution >= 0.6 is 0 Å². The normalized spacial score (nSPS) is 41.2. The van der Waals surface area contributed by atoms with Gasteiger partial charge in [-0.25, -0.2) is 0 Å². The van der Waals surface area contributed by atoms with E-state index in [9.17, 15) is 9.90 Å². The Morgan fingerprint density at radius 3 is 2.96 bits per heavy atom. The van der Waals surface area contributed by atoms with Gasteiger partial charge in [-0.3, -0.25) is 9.69 Å². The van der Waals surface area contributed by atoms with Crippen LogP contribution in [0.25, 0.3) is 0 Å². The second-order valence-electron chi connectivity index (χ2n) is 8.57. The van der Waals surface area contributed by atoms with Gasteiger partial charge in [-0.05, 0) is 55.7 Å². The molecule has 0 amide bonds. The minimum Gasteiger partial charge on any atom is -0.469 e. The summed E-state index contributed by atoms with van der Waals surface area (Å²) in [6.07, 6.45) is 3.36. The number of carbonyl (C=O) groups is 1. The van der Waals surface area contributed by atoms with Crippen LogP contribution < -0.4 is 5.32 Å². The molecule has 1 aromatic carbocycles. The number of rotatable bonds is 1. The molecule has 140 valence electrons. The number of anilines is 1. The third-order valence-corrected chi connectivity index (χ3v) is 7.50. The van der Waals surface area contributed by atoms with Crippen LogP contribution in [0, 0.1) is 17.8 Å². The van der Waals surface area contributed by atoms with Gasteiger partial charge in [0.15, 0.2) is 0 Å². The number of para-hydroxylation sites is 1. The minimum atomic E-state index is -0.552. The molecule has 1 saturated carbocycles. The number of methoxy groups -OCH3 is 1. The summed E-state index contributed by atoms with van der Waals surface area (Å²) in [6.45, 7) is 2.19. The number of nitrogens with zero attached hydrogens (tertiary/aromatic N) is 1. The van der Waals surface area contributed by atoms with Crippen LogP contribution in [0.5, 0.6) is 0 Å². The zero-order chi connectivity index (χ0) is 17.8. The molecule has 3 heterocycles. The summed E-state index contributed by atoms with van der Waals surface area (Å²) >= 11 is 0. The molecule has 4 aliphatic rings. The highest BCUT2D eigenvalue weighted by molar-refractivity contribution is 5.73. The second kappa shape index (κ2) is 6.24. The molecule has 5 nitrogen and oxygen atoms in total. The van der Waals surface area contributed by atoms with Crippen LogP contribution in [0.15, 0.2) is 24.3 Å². The van der Waals surface area contributed by atoms with Gasteiger partial charge in [-0.2, -0.15) is 0 Å². The van der Waals surface area contributed by atoms with Gasteiger partial charge >= 0.3 is 5.97 Å². The highest BCUT2D eigenvalue weighted by Crippen LogP contribution is 2.50. The maximum atomic E-state index is 12.4. The van der Waals surface area contributed by atoms with Crippen LogP contribution in [0.1, 0.15) is 37.2 Å². The highest BCUT2D eigenvalue weighted by atomic mass is 16.5. The summed E-state index contributed by atoms with van der Waals surface area (Å²) in [7, 11) is 1.44. The van der Waals surface area contributed by atoms with Gasteiger partial charge in [0.25, 0.3) is 0 Å². The lowest BCUT2D eigenvalue weighted by Crippen LogP contribution is -2.61. The number of aliphatic hydroxyl groups excluding tert-OH is 1. The lowest BCUT2D eigenvalue weighted by atomic mass is 9.63. The van der Waals surface area contributed by atoms with Crippen LogP contribution in [0.2, 0.25) is 0 Å². The predicted molar refractivity (Wildman–Crippen MR) is 98.9 cm³/mol. The topological polar surface area (TPSA) is 61.8 Å². The van der Waals surface area contributed by atoms with Crippen LogP contribution in [-0.4, -0.2) is 54.4 Å². The summed E-state index contributed by atoms with van der Waals surface area (Å²) in [5, 5.41) is 14.3. The Bertz CT molecular complexity index is 708. The predicted octanol–water partition coefficient (Wildman–Crippen LogP) is 2.22. The lowest BCUT2D eigenvalue weighted by Gasteiger charge is -2.54. The van der Waals surface area contributed by atoms with Crippen molar-refractivity contribution in [3.05, 3.63) is 29.8 Å². The van der Waals surface area contributed by atoms with E-state index in [2.05, 4.69) is 34.5 Å². The van der Waals surface area contributed by atoms with Gasteiger partial charge in [0.2, 0.25) is 0 Å². The summed E-state index contributed by atoms with van der Waals surface area (Å²) in [4.78, 5) is 15.0. The molecule has 5 rings (SSSR count). The molecule has 2 N–H and O–H groups in total. The van der Waals surface area contributed by atoms with E-state index >= 15 is 0 Å². The van der Waals surface area contributed by atoms with E-state index in [-0.39, 0.29) is 17.8 Å². The van der Waals surface area contributed by atoms with Crippen molar-refractivity contribution in [2.75, 3.05) is 25.5 Å². The number of hydrogen-bond acceptors (Lipinski definition) is 5. The van der Waals surface area contributed by atoms with Gasteiger partial charge < -0.3 is 15.2 Å². The number of aliphatic hydroxyl groups is 1. The Balaban J connectivity index is 1.43. The van der Waals surface area contributed by atoms with E-state index in [0.717, 1.165) is 32.4 Å². The van der Waals surface area contributed by atoms with Crippen molar-refractivity contribution in [2.45, 2.75) is 49.8 Å². The molecule has 2 saturated heterocycles. The fraction of sp³-hybridized carbons (Fsp3) is 0.667. The Hall–Kier alpha value is -1.59. The fourth-order valence-corrected chi connectivity index (χ4v) is 6.32. The molecule has 1 aromatic rings. The van der Waals surface area contributed by atoms with Gasteiger partial charge in [-0.15, -0.1) is 0 Å². The van der Waals surface area contributed by atoms with Crippen molar-refractivity contribution < 1.29 is 14.6 Å². The van der Waals surface area contributed by atoms with E-state index in [1.807, 2.05) is 0 Å². The van der Waals surface area contributed by atoms with Gasteiger partial charge in [-0.1, -0.05) is 18.2 Å². The average Bonchev–Trinajstić information content (AvgIpc) is 3.05. The lowest BCUT2D eigenvalue weighted by molar-refractivity contribution is -0.160. The first-order chi connectivity index (χ1) is 12.7. The number of benzene rings is 1. The summed E-state index contributed by atoms with van der Waals surface area (Å²) in [6, 6.07) is 9.53. The first-order valence-electron chi connectivity index (χ1n) is 10.0. The van der Waals surface area contributed by atoms with Crippen molar-refractivity contribution >= 4 is 11.7 Å². The van der Waals surface area contributed by atoms with Gasteiger partial charge in [0.05, 0.1) is 19.1 Å². The summed E-state index contributed by atoms with van der Waals surface area (Å²) < 4.78 is 5.05. The van der Waals surface area contributed by atoms with Crippen LogP contribution in [0.4, 0.5) is 5.69 Å². The smallest absolute Gasteiger partial charge is 0.311 e. The summed E-state index contributed by atoms with van der Waals surface area (Å²) in [5.74, 6) is 0.714. The molecule has 0 aromatic heterocycles. The quantitative estimate of drug-likeness (QED) is 0.756. The van der Waals surface area contributed by atoms with Gasteiger partial charge in [0.1, 0.15) is 0 Å². The molecule has 2 unspecified atom stereocenters. The average molecular weight is 356 g/mol. The van der Waals surface area contributed by atoms with E-state index in [4.69, 9.17) is 4.74 Å². The maximum Gasteiger partial charge on any atom is 0.311 e. The fourth-order valence-electron chi connectivity index (χ4n) is 6.32. The molecule has 3 aliphatic heterocycles. The number of ether oxygens (including phenoxy) is 1. The molecular weight excluding hydrogens is 328 g/mol. The van der Waals surface area contributed by atoms with Crippen molar-refractivity contribution in [1.29, 1.82) is 0 Å². The third kappa shape index (κ3) is 2.40. The SMILES string of the molecule is COC(=O)[C@H]1[C@H]2C[C@H]3C4Nc5ccccc5C4CCN3C[C@H]2CC[C@@H]1O. The molecule has 0 radical (unpaired) electrons.